The molecule has 1 aromatic rings. The molecule has 8 heteroatoms. The molecule has 0 spiro atoms. The van der Waals surface area contributed by atoms with Crippen LogP contribution < -0.4 is 5.73 Å². The molecule has 0 aliphatic heterocycles. The van der Waals surface area contributed by atoms with E-state index >= 15 is 0 Å². The van der Waals surface area contributed by atoms with Gasteiger partial charge in [-0.25, -0.2) is 0 Å². The van der Waals surface area contributed by atoms with E-state index in [4.69, 9.17) is 10.3 Å². The zero-order valence-corrected chi connectivity index (χ0v) is 10.4. The lowest BCUT2D eigenvalue weighted by molar-refractivity contribution is -0.177. The summed E-state index contributed by atoms with van der Waals surface area (Å²) in [4.78, 5) is 3.99. The predicted molar refractivity (Wildman–Crippen MR) is 59.1 cm³/mol. The molecular weight excluding hydrogens is 263 g/mol. The molecule has 0 unspecified atom stereocenters. The van der Waals surface area contributed by atoms with Crippen molar-refractivity contribution < 1.29 is 22.4 Å². The van der Waals surface area contributed by atoms with Gasteiger partial charge in [0.15, 0.2) is 5.82 Å². The highest BCUT2D eigenvalue weighted by atomic mass is 19.4. The lowest BCUT2D eigenvalue weighted by atomic mass is 9.95. The number of nitrogens with zero attached hydrogens (tertiary/aromatic N) is 2. The van der Waals surface area contributed by atoms with Crippen LogP contribution in [0.1, 0.15) is 37.4 Å². The highest BCUT2D eigenvalue weighted by molar-refractivity contribution is 4.98. The van der Waals surface area contributed by atoms with E-state index in [1.807, 2.05) is 0 Å². The summed E-state index contributed by atoms with van der Waals surface area (Å²) < 4.78 is 45.1. The summed E-state index contributed by atoms with van der Waals surface area (Å²) >= 11 is 0. The van der Waals surface area contributed by atoms with Gasteiger partial charge in [-0.1, -0.05) is 18.0 Å². The minimum Gasteiger partial charge on any atom is -0.364 e. The Morgan fingerprint density at radius 2 is 2.00 bits per heavy atom. The Morgan fingerprint density at radius 1 is 1.32 bits per heavy atom. The van der Waals surface area contributed by atoms with Crippen molar-refractivity contribution in [3.63, 3.8) is 0 Å². The van der Waals surface area contributed by atoms with Gasteiger partial charge in [-0.15, -0.1) is 0 Å². The molecular formula is C11H16F3N3O2. The monoisotopic (exact) mass is 279 g/mol. The smallest absolute Gasteiger partial charge is 0.364 e. The fraction of sp³-hybridized carbons (Fsp3) is 0.818. The number of nitrogens with two attached hydrogens (primary N) is 1. The first kappa shape index (κ1) is 14.3. The Kier molecular flexibility index (Phi) is 4.10. The number of hydrogen-bond acceptors (Lipinski definition) is 5. The van der Waals surface area contributed by atoms with Crippen molar-refractivity contribution in [2.75, 3.05) is 6.61 Å². The molecule has 2 rings (SSSR count). The second-order valence-electron chi connectivity index (χ2n) is 4.96. The number of ether oxygens (including phenoxy) is 1. The fourth-order valence-corrected chi connectivity index (χ4v) is 2.24. The number of rotatable bonds is 5. The molecule has 2 N–H and O–H groups in total. The molecule has 0 aromatic carbocycles. The number of hydrogen-bond donors (Lipinski definition) is 1. The van der Waals surface area contributed by atoms with Gasteiger partial charge in [0.1, 0.15) is 13.2 Å². The standard InChI is InChI=1S/C11H16F3N3O2/c12-11(13,14)7-18-6-8-16-9(19-17-8)5-10(15)3-1-2-4-10/h1-7,15H2. The summed E-state index contributed by atoms with van der Waals surface area (Å²) in [6.07, 6.45) is 0.0555. The zero-order chi connectivity index (χ0) is 13.9. The maximum atomic E-state index is 11.9. The molecule has 1 saturated carbocycles. The van der Waals surface area contributed by atoms with Crippen LogP contribution in [-0.4, -0.2) is 28.5 Å². The van der Waals surface area contributed by atoms with Gasteiger partial charge in [-0.2, -0.15) is 18.2 Å². The van der Waals surface area contributed by atoms with Crippen LogP contribution in [0.5, 0.6) is 0 Å². The van der Waals surface area contributed by atoms with E-state index in [9.17, 15) is 13.2 Å². The van der Waals surface area contributed by atoms with Crippen LogP contribution in [0.25, 0.3) is 0 Å². The van der Waals surface area contributed by atoms with Crippen molar-refractivity contribution in [2.45, 2.75) is 50.4 Å². The highest BCUT2D eigenvalue weighted by Gasteiger charge is 2.32. The maximum absolute atomic E-state index is 11.9. The molecule has 1 aromatic heterocycles. The molecule has 1 heterocycles. The lowest BCUT2D eigenvalue weighted by Gasteiger charge is -2.20. The van der Waals surface area contributed by atoms with Gasteiger partial charge in [0.2, 0.25) is 5.89 Å². The molecule has 0 amide bonds. The van der Waals surface area contributed by atoms with Gasteiger partial charge in [0.05, 0.1) is 0 Å². The molecule has 19 heavy (non-hydrogen) atoms. The van der Waals surface area contributed by atoms with Gasteiger partial charge in [0.25, 0.3) is 0 Å². The Bertz CT molecular complexity index is 414. The average Bonchev–Trinajstić information content (AvgIpc) is 2.87. The van der Waals surface area contributed by atoms with Crippen LogP contribution in [0.4, 0.5) is 13.2 Å². The van der Waals surface area contributed by atoms with E-state index in [2.05, 4.69) is 14.9 Å². The van der Waals surface area contributed by atoms with Crippen LogP contribution in [0.2, 0.25) is 0 Å². The average molecular weight is 279 g/mol. The Morgan fingerprint density at radius 3 is 2.63 bits per heavy atom. The van der Waals surface area contributed by atoms with E-state index in [0.29, 0.717) is 12.3 Å². The normalized spacial score (nSPS) is 18.9. The first-order valence-corrected chi connectivity index (χ1v) is 6.11. The predicted octanol–water partition coefficient (Wildman–Crippen LogP) is 1.96. The van der Waals surface area contributed by atoms with Crippen molar-refractivity contribution >= 4 is 0 Å². The summed E-state index contributed by atoms with van der Waals surface area (Å²) in [6, 6.07) is 0. The molecule has 0 saturated heterocycles. The molecule has 1 aliphatic rings. The second-order valence-corrected chi connectivity index (χ2v) is 4.96. The maximum Gasteiger partial charge on any atom is 0.411 e. The summed E-state index contributed by atoms with van der Waals surface area (Å²) in [5, 5.41) is 3.57. The second kappa shape index (κ2) is 5.46. The van der Waals surface area contributed by atoms with E-state index in [1.165, 1.54) is 0 Å². The van der Waals surface area contributed by atoms with E-state index in [1.54, 1.807) is 0 Å². The van der Waals surface area contributed by atoms with E-state index < -0.39 is 12.8 Å². The van der Waals surface area contributed by atoms with Crippen LogP contribution >= 0.6 is 0 Å². The fourth-order valence-electron chi connectivity index (χ4n) is 2.24. The van der Waals surface area contributed by atoms with Gasteiger partial charge in [-0.05, 0) is 12.8 Å². The largest absolute Gasteiger partial charge is 0.411 e. The lowest BCUT2D eigenvalue weighted by Crippen LogP contribution is -2.38. The van der Waals surface area contributed by atoms with Crippen molar-refractivity contribution in [1.29, 1.82) is 0 Å². The molecule has 0 bridgehead atoms. The van der Waals surface area contributed by atoms with Crippen LogP contribution in [0.15, 0.2) is 4.52 Å². The van der Waals surface area contributed by atoms with Gasteiger partial charge >= 0.3 is 6.18 Å². The van der Waals surface area contributed by atoms with E-state index in [-0.39, 0.29) is 18.0 Å². The number of halogens is 3. The number of alkyl halides is 3. The minimum atomic E-state index is -4.35. The third-order valence-electron chi connectivity index (χ3n) is 3.11. The van der Waals surface area contributed by atoms with Gasteiger partial charge < -0.3 is 15.0 Å². The highest BCUT2D eigenvalue weighted by Crippen LogP contribution is 2.29. The van der Waals surface area contributed by atoms with Crippen molar-refractivity contribution in [3.8, 4) is 0 Å². The Balaban J connectivity index is 1.82. The van der Waals surface area contributed by atoms with E-state index in [0.717, 1.165) is 25.7 Å². The Hall–Kier alpha value is -1.15. The quantitative estimate of drug-likeness (QED) is 0.891. The molecule has 1 aliphatic carbocycles. The summed E-state index contributed by atoms with van der Waals surface area (Å²) in [7, 11) is 0. The van der Waals surface area contributed by atoms with Crippen molar-refractivity contribution in [3.05, 3.63) is 11.7 Å². The third kappa shape index (κ3) is 4.46. The van der Waals surface area contributed by atoms with Crippen LogP contribution in [-0.2, 0) is 17.8 Å². The third-order valence-corrected chi connectivity index (χ3v) is 3.11. The van der Waals surface area contributed by atoms with Crippen molar-refractivity contribution in [1.82, 2.24) is 10.1 Å². The molecule has 1 fully saturated rings. The molecule has 0 radical (unpaired) electrons. The molecule has 0 atom stereocenters. The summed E-state index contributed by atoms with van der Waals surface area (Å²) in [5.74, 6) is 0.468. The zero-order valence-electron chi connectivity index (χ0n) is 10.4. The first-order chi connectivity index (χ1) is 8.86. The molecule has 5 nitrogen and oxygen atoms in total. The first-order valence-electron chi connectivity index (χ1n) is 6.11. The minimum absolute atomic E-state index is 0.112. The van der Waals surface area contributed by atoms with Crippen LogP contribution in [0.3, 0.4) is 0 Å². The van der Waals surface area contributed by atoms with Gasteiger partial charge in [-0.3, -0.25) is 0 Å². The number of aromatic nitrogens is 2. The topological polar surface area (TPSA) is 74.2 Å². The van der Waals surface area contributed by atoms with Crippen molar-refractivity contribution in [2.24, 2.45) is 5.73 Å². The molecule has 108 valence electrons. The SMILES string of the molecule is NC1(Cc2nc(COCC(F)(F)F)no2)CCCC1. The summed E-state index contributed by atoms with van der Waals surface area (Å²) in [5.41, 5.74) is 5.83. The Labute approximate surface area is 108 Å². The van der Waals surface area contributed by atoms with Crippen LogP contribution in [0, 0.1) is 0 Å². The van der Waals surface area contributed by atoms with Gasteiger partial charge in [0, 0.05) is 12.0 Å². The summed E-state index contributed by atoms with van der Waals surface area (Å²) in [6.45, 7) is -1.64.